The molecule has 0 saturated carbocycles. The first-order valence-electron chi connectivity index (χ1n) is 8.54. The van der Waals surface area contributed by atoms with Crippen molar-refractivity contribution < 1.29 is 4.42 Å². The first-order valence-corrected chi connectivity index (χ1v) is 8.54. The molecule has 0 aliphatic heterocycles. The number of benzene rings is 3. The van der Waals surface area contributed by atoms with Crippen LogP contribution in [0.2, 0.25) is 0 Å². The Bertz CT molecular complexity index is 1080. The highest BCUT2D eigenvalue weighted by Gasteiger charge is 2.05. The number of rotatable bonds is 5. The van der Waals surface area contributed by atoms with Crippen molar-refractivity contribution in [3.63, 3.8) is 0 Å². The molecule has 0 aliphatic carbocycles. The minimum Gasteiger partial charge on any atom is -0.423 e. The maximum absolute atomic E-state index is 12.1. The van der Waals surface area contributed by atoms with Crippen molar-refractivity contribution in [2.75, 3.05) is 11.9 Å². The summed E-state index contributed by atoms with van der Waals surface area (Å²) in [5, 5.41) is 6.87. The maximum Gasteiger partial charge on any atom is 0.339 e. The van der Waals surface area contributed by atoms with Crippen LogP contribution in [0.1, 0.15) is 12.0 Å². The molecule has 0 unspecified atom stereocenters. The highest BCUT2D eigenvalue weighted by atomic mass is 16.4. The molecule has 0 amide bonds. The van der Waals surface area contributed by atoms with Crippen molar-refractivity contribution in [3.05, 3.63) is 88.8 Å². The molecule has 0 atom stereocenters. The number of nitrogens with one attached hydrogen (secondary N) is 1. The molecule has 3 aromatic carbocycles. The molecular weight excluding hydrogens is 310 g/mol. The quantitative estimate of drug-likeness (QED) is 0.414. The van der Waals surface area contributed by atoms with Crippen LogP contribution in [0.3, 0.4) is 0 Å². The van der Waals surface area contributed by atoms with Crippen molar-refractivity contribution >= 4 is 27.4 Å². The lowest BCUT2D eigenvalue weighted by Crippen LogP contribution is -2.10. The minimum atomic E-state index is -0.232. The van der Waals surface area contributed by atoms with Gasteiger partial charge in [0.1, 0.15) is 5.58 Å². The molecule has 3 heteroatoms. The van der Waals surface area contributed by atoms with Gasteiger partial charge in [0.15, 0.2) is 0 Å². The lowest BCUT2D eigenvalue weighted by atomic mass is 10.1. The molecule has 0 fully saturated rings. The Hall–Kier alpha value is -3.07. The molecule has 4 rings (SSSR count). The SMILES string of the molecule is O=c1oc2ccccc2cc1CCCNc1ccc2ccccc2c1. The summed E-state index contributed by atoms with van der Waals surface area (Å²) < 4.78 is 5.38. The van der Waals surface area contributed by atoms with E-state index >= 15 is 0 Å². The van der Waals surface area contributed by atoms with Crippen molar-refractivity contribution in [2.45, 2.75) is 12.8 Å². The summed E-state index contributed by atoms with van der Waals surface area (Å²) in [5.74, 6) is 0. The van der Waals surface area contributed by atoms with Crippen LogP contribution < -0.4 is 10.9 Å². The summed E-state index contributed by atoms with van der Waals surface area (Å²) in [5.41, 5.74) is 2.25. The molecule has 3 nitrogen and oxygen atoms in total. The van der Waals surface area contributed by atoms with Gasteiger partial charge in [-0.2, -0.15) is 0 Å². The van der Waals surface area contributed by atoms with Gasteiger partial charge in [0, 0.05) is 23.2 Å². The van der Waals surface area contributed by atoms with E-state index in [-0.39, 0.29) is 5.63 Å². The second-order valence-corrected chi connectivity index (χ2v) is 6.19. The number of fused-ring (bicyclic) bond motifs is 2. The Balaban J connectivity index is 1.40. The van der Waals surface area contributed by atoms with Crippen molar-refractivity contribution in [1.29, 1.82) is 0 Å². The van der Waals surface area contributed by atoms with Gasteiger partial charge in [-0.05, 0) is 47.9 Å². The lowest BCUT2D eigenvalue weighted by Gasteiger charge is -2.08. The molecular formula is C22H19NO2. The number of anilines is 1. The summed E-state index contributed by atoms with van der Waals surface area (Å²) >= 11 is 0. The average Bonchev–Trinajstić information content (AvgIpc) is 2.65. The summed E-state index contributed by atoms with van der Waals surface area (Å²) in [6.07, 6.45) is 1.57. The van der Waals surface area contributed by atoms with Gasteiger partial charge in [0.2, 0.25) is 0 Å². The van der Waals surface area contributed by atoms with Gasteiger partial charge < -0.3 is 9.73 Å². The monoisotopic (exact) mass is 329 g/mol. The fraction of sp³-hybridized carbons (Fsp3) is 0.136. The third kappa shape index (κ3) is 3.41. The van der Waals surface area contributed by atoms with E-state index in [1.165, 1.54) is 10.8 Å². The van der Waals surface area contributed by atoms with Gasteiger partial charge in [-0.15, -0.1) is 0 Å². The van der Waals surface area contributed by atoms with Gasteiger partial charge in [-0.3, -0.25) is 0 Å². The molecule has 0 saturated heterocycles. The Morgan fingerprint density at radius 2 is 1.56 bits per heavy atom. The van der Waals surface area contributed by atoms with E-state index in [0.29, 0.717) is 12.0 Å². The van der Waals surface area contributed by atoms with E-state index in [0.717, 1.165) is 29.6 Å². The van der Waals surface area contributed by atoms with Gasteiger partial charge in [-0.25, -0.2) is 4.79 Å². The van der Waals surface area contributed by atoms with E-state index in [4.69, 9.17) is 4.42 Å². The van der Waals surface area contributed by atoms with Gasteiger partial charge in [0.05, 0.1) is 0 Å². The first-order chi connectivity index (χ1) is 12.3. The largest absolute Gasteiger partial charge is 0.423 e. The third-order valence-corrected chi connectivity index (χ3v) is 4.42. The van der Waals surface area contributed by atoms with Crippen molar-refractivity contribution in [1.82, 2.24) is 0 Å². The van der Waals surface area contributed by atoms with E-state index in [1.807, 2.05) is 42.5 Å². The molecule has 25 heavy (non-hydrogen) atoms. The Kier molecular flexibility index (Phi) is 4.21. The van der Waals surface area contributed by atoms with Crippen LogP contribution in [0.4, 0.5) is 5.69 Å². The van der Waals surface area contributed by atoms with Crippen LogP contribution in [0.15, 0.2) is 82.0 Å². The first kappa shape index (κ1) is 15.5. The molecule has 0 radical (unpaired) electrons. The van der Waals surface area contributed by atoms with Crippen LogP contribution in [-0.2, 0) is 6.42 Å². The van der Waals surface area contributed by atoms with Crippen LogP contribution in [-0.4, -0.2) is 6.54 Å². The van der Waals surface area contributed by atoms with Gasteiger partial charge in [0.25, 0.3) is 0 Å². The number of hydrogen-bond donors (Lipinski definition) is 1. The van der Waals surface area contributed by atoms with E-state index < -0.39 is 0 Å². The van der Waals surface area contributed by atoms with Crippen LogP contribution >= 0.6 is 0 Å². The summed E-state index contributed by atoms with van der Waals surface area (Å²) in [7, 11) is 0. The minimum absolute atomic E-state index is 0.232. The predicted octanol–water partition coefficient (Wildman–Crippen LogP) is 4.99. The molecule has 1 N–H and O–H groups in total. The normalized spacial score (nSPS) is 11.0. The zero-order valence-corrected chi connectivity index (χ0v) is 13.9. The predicted molar refractivity (Wildman–Crippen MR) is 103 cm³/mol. The molecule has 0 aliphatic rings. The Labute approximate surface area is 145 Å². The number of hydrogen-bond acceptors (Lipinski definition) is 3. The second-order valence-electron chi connectivity index (χ2n) is 6.19. The average molecular weight is 329 g/mol. The fourth-order valence-corrected chi connectivity index (χ4v) is 3.09. The standard InChI is InChI=1S/C22H19NO2/c24-22-19(14-18-8-3-4-10-21(18)25-22)9-5-13-23-20-12-11-16-6-1-2-7-17(16)15-20/h1-4,6-8,10-12,14-15,23H,5,9,13H2. The van der Waals surface area contributed by atoms with Crippen LogP contribution in [0.5, 0.6) is 0 Å². The molecule has 1 heterocycles. The summed E-state index contributed by atoms with van der Waals surface area (Å²) in [4.78, 5) is 12.1. The molecule has 124 valence electrons. The Morgan fingerprint density at radius 3 is 2.44 bits per heavy atom. The molecule has 0 spiro atoms. The topological polar surface area (TPSA) is 42.2 Å². The van der Waals surface area contributed by atoms with Gasteiger partial charge in [-0.1, -0.05) is 48.5 Å². The molecule has 4 aromatic rings. The lowest BCUT2D eigenvalue weighted by molar-refractivity contribution is 0.548. The van der Waals surface area contributed by atoms with Crippen LogP contribution in [0.25, 0.3) is 21.7 Å². The second kappa shape index (κ2) is 6.81. The molecule has 1 aromatic heterocycles. The number of aryl methyl sites for hydroxylation is 1. The van der Waals surface area contributed by atoms with Crippen molar-refractivity contribution in [2.24, 2.45) is 0 Å². The van der Waals surface area contributed by atoms with Crippen LogP contribution in [0, 0.1) is 0 Å². The number of para-hydroxylation sites is 1. The highest BCUT2D eigenvalue weighted by Crippen LogP contribution is 2.19. The zero-order valence-electron chi connectivity index (χ0n) is 13.9. The highest BCUT2D eigenvalue weighted by molar-refractivity contribution is 5.85. The van der Waals surface area contributed by atoms with Gasteiger partial charge >= 0.3 is 5.63 Å². The maximum atomic E-state index is 12.1. The van der Waals surface area contributed by atoms with E-state index in [9.17, 15) is 4.79 Å². The Morgan fingerprint density at radius 1 is 0.800 bits per heavy atom. The van der Waals surface area contributed by atoms with Crippen molar-refractivity contribution in [3.8, 4) is 0 Å². The third-order valence-electron chi connectivity index (χ3n) is 4.42. The molecule has 0 bridgehead atoms. The van der Waals surface area contributed by atoms with E-state index in [1.54, 1.807) is 0 Å². The summed E-state index contributed by atoms with van der Waals surface area (Å²) in [6, 6.07) is 24.2. The fourth-order valence-electron chi connectivity index (χ4n) is 3.09. The smallest absolute Gasteiger partial charge is 0.339 e. The summed E-state index contributed by atoms with van der Waals surface area (Å²) in [6.45, 7) is 0.810. The zero-order chi connectivity index (χ0) is 17.1. The van der Waals surface area contributed by atoms with E-state index in [2.05, 4.69) is 35.6 Å².